The van der Waals surface area contributed by atoms with E-state index >= 15 is 0 Å². The largest absolute Gasteiger partial charge is 0.391 e. The van der Waals surface area contributed by atoms with Crippen molar-refractivity contribution < 1.29 is 5.11 Å². The van der Waals surface area contributed by atoms with E-state index in [0.29, 0.717) is 13.0 Å². The number of hydrogen-bond donors (Lipinski definition) is 2. The van der Waals surface area contributed by atoms with Gasteiger partial charge in [0.1, 0.15) is 0 Å². The second kappa shape index (κ2) is 4.23. The summed E-state index contributed by atoms with van der Waals surface area (Å²) in [7, 11) is 0. The van der Waals surface area contributed by atoms with Gasteiger partial charge in [-0.2, -0.15) is 5.10 Å². The van der Waals surface area contributed by atoms with Gasteiger partial charge in [0.05, 0.1) is 12.3 Å². The summed E-state index contributed by atoms with van der Waals surface area (Å²) >= 11 is 0. The highest BCUT2D eigenvalue weighted by atomic mass is 16.3. The van der Waals surface area contributed by atoms with Crippen LogP contribution in [0.5, 0.6) is 0 Å². The molecular formula is C8H15N3O. The molecule has 0 aliphatic carbocycles. The Morgan fingerprint density at radius 1 is 1.75 bits per heavy atom. The quantitative estimate of drug-likeness (QED) is 0.654. The molecule has 0 fully saturated rings. The van der Waals surface area contributed by atoms with Gasteiger partial charge in [-0.05, 0) is 12.5 Å². The fraction of sp³-hybridized carbons (Fsp3) is 0.625. The van der Waals surface area contributed by atoms with Crippen molar-refractivity contribution in [1.82, 2.24) is 9.78 Å². The van der Waals surface area contributed by atoms with Crippen LogP contribution in [0.25, 0.3) is 0 Å². The fourth-order valence-corrected chi connectivity index (χ4v) is 1.04. The summed E-state index contributed by atoms with van der Waals surface area (Å²) in [5.41, 5.74) is 6.32. The van der Waals surface area contributed by atoms with Gasteiger partial charge >= 0.3 is 0 Å². The highest BCUT2D eigenvalue weighted by Gasteiger charge is 2.04. The number of nitrogens with zero attached hydrogens (tertiary/aromatic N) is 2. The lowest BCUT2D eigenvalue weighted by Crippen LogP contribution is -2.21. The number of nitrogens with two attached hydrogens (primary N) is 1. The van der Waals surface area contributed by atoms with E-state index < -0.39 is 6.10 Å². The van der Waals surface area contributed by atoms with Crippen molar-refractivity contribution in [3.63, 3.8) is 0 Å². The molecule has 0 aromatic carbocycles. The molecule has 1 rings (SSSR count). The summed E-state index contributed by atoms with van der Waals surface area (Å²) in [6.07, 6.45) is 3.84. The summed E-state index contributed by atoms with van der Waals surface area (Å²) in [5.74, 6) is 0. The molecule has 0 radical (unpaired) electrons. The first kappa shape index (κ1) is 9.22. The zero-order valence-corrected chi connectivity index (χ0v) is 7.27. The smallest absolute Gasteiger partial charge is 0.0703 e. The van der Waals surface area contributed by atoms with E-state index in [4.69, 9.17) is 5.73 Å². The summed E-state index contributed by atoms with van der Waals surface area (Å²) in [4.78, 5) is 0. The van der Waals surface area contributed by atoms with Gasteiger partial charge in [-0.25, -0.2) is 0 Å². The Kier molecular flexibility index (Phi) is 3.25. The van der Waals surface area contributed by atoms with E-state index in [9.17, 15) is 5.11 Å². The summed E-state index contributed by atoms with van der Waals surface area (Å²) in [6, 6.07) is 0. The SMILES string of the molecule is CCn1cc(CC(O)CN)cn1. The number of aryl methyl sites for hydroxylation is 1. The van der Waals surface area contributed by atoms with Crippen LogP contribution in [0.15, 0.2) is 12.4 Å². The van der Waals surface area contributed by atoms with Gasteiger partial charge < -0.3 is 10.8 Å². The molecule has 1 aromatic heterocycles. The molecule has 0 aliphatic rings. The van der Waals surface area contributed by atoms with Gasteiger partial charge in [0.15, 0.2) is 0 Å². The Balaban J connectivity index is 2.52. The summed E-state index contributed by atoms with van der Waals surface area (Å²) in [5, 5.41) is 13.3. The summed E-state index contributed by atoms with van der Waals surface area (Å²) in [6.45, 7) is 3.19. The fourth-order valence-electron chi connectivity index (χ4n) is 1.04. The average Bonchev–Trinajstić information content (AvgIpc) is 2.52. The maximum absolute atomic E-state index is 9.23. The third-order valence-electron chi connectivity index (χ3n) is 1.75. The molecule has 12 heavy (non-hydrogen) atoms. The minimum absolute atomic E-state index is 0.303. The van der Waals surface area contributed by atoms with Crippen molar-refractivity contribution in [3.05, 3.63) is 18.0 Å². The van der Waals surface area contributed by atoms with Crippen molar-refractivity contribution in [2.75, 3.05) is 6.54 Å². The van der Waals surface area contributed by atoms with Gasteiger partial charge in [-0.3, -0.25) is 4.68 Å². The van der Waals surface area contributed by atoms with E-state index in [1.165, 1.54) is 0 Å². The Bertz CT molecular complexity index is 234. The molecular weight excluding hydrogens is 154 g/mol. The van der Waals surface area contributed by atoms with Crippen molar-refractivity contribution in [2.45, 2.75) is 26.0 Å². The van der Waals surface area contributed by atoms with Crippen LogP contribution in [0.1, 0.15) is 12.5 Å². The molecule has 0 bridgehead atoms. The monoisotopic (exact) mass is 169 g/mol. The van der Waals surface area contributed by atoms with E-state index in [0.717, 1.165) is 12.1 Å². The van der Waals surface area contributed by atoms with Crippen LogP contribution in [-0.4, -0.2) is 27.5 Å². The van der Waals surface area contributed by atoms with E-state index in [2.05, 4.69) is 5.10 Å². The Morgan fingerprint density at radius 2 is 2.50 bits per heavy atom. The highest BCUT2D eigenvalue weighted by molar-refractivity contribution is 5.05. The topological polar surface area (TPSA) is 64.1 Å². The van der Waals surface area contributed by atoms with Crippen molar-refractivity contribution in [1.29, 1.82) is 0 Å². The molecule has 4 heteroatoms. The number of aliphatic hydroxyl groups is 1. The van der Waals surface area contributed by atoms with Crippen LogP contribution in [0.2, 0.25) is 0 Å². The second-order valence-corrected chi connectivity index (χ2v) is 2.80. The zero-order valence-electron chi connectivity index (χ0n) is 7.27. The molecule has 0 saturated heterocycles. The lowest BCUT2D eigenvalue weighted by Gasteiger charge is -2.03. The van der Waals surface area contributed by atoms with Gasteiger partial charge in [-0.15, -0.1) is 0 Å². The first-order chi connectivity index (χ1) is 5.76. The molecule has 4 nitrogen and oxygen atoms in total. The van der Waals surface area contributed by atoms with E-state index in [-0.39, 0.29) is 0 Å². The van der Waals surface area contributed by atoms with Crippen molar-refractivity contribution >= 4 is 0 Å². The molecule has 3 N–H and O–H groups in total. The molecule has 0 saturated carbocycles. The molecule has 1 atom stereocenters. The van der Waals surface area contributed by atoms with Crippen LogP contribution in [0, 0.1) is 0 Å². The predicted octanol–water partition coefficient (Wildman–Crippen LogP) is -0.235. The number of hydrogen-bond acceptors (Lipinski definition) is 3. The minimum atomic E-state index is -0.445. The maximum Gasteiger partial charge on any atom is 0.0703 e. The first-order valence-corrected chi connectivity index (χ1v) is 4.15. The van der Waals surface area contributed by atoms with Gasteiger partial charge in [0.2, 0.25) is 0 Å². The van der Waals surface area contributed by atoms with Gasteiger partial charge in [0, 0.05) is 25.7 Å². The third kappa shape index (κ3) is 2.32. The molecule has 1 unspecified atom stereocenters. The first-order valence-electron chi connectivity index (χ1n) is 4.15. The predicted molar refractivity (Wildman–Crippen MR) is 46.7 cm³/mol. The number of aliphatic hydroxyl groups excluding tert-OH is 1. The Labute approximate surface area is 72.0 Å². The lowest BCUT2D eigenvalue weighted by molar-refractivity contribution is 0.183. The molecule has 1 heterocycles. The lowest BCUT2D eigenvalue weighted by atomic mass is 10.1. The number of aromatic nitrogens is 2. The van der Waals surface area contributed by atoms with E-state index in [1.807, 2.05) is 17.8 Å². The number of rotatable bonds is 4. The van der Waals surface area contributed by atoms with E-state index in [1.54, 1.807) is 6.20 Å². The Morgan fingerprint density at radius 3 is 3.00 bits per heavy atom. The standard InChI is InChI=1S/C8H15N3O/c1-2-11-6-7(5-10-11)3-8(12)4-9/h5-6,8,12H,2-4,9H2,1H3. The van der Waals surface area contributed by atoms with Gasteiger partial charge in [0.25, 0.3) is 0 Å². The molecule has 0 aliphatic heterocycles. The van der Waals surface area contributed by atoms with Crippen LogP contribution >= 0.6 is 0 Å². The van der Waals surface area contributed by atoms with Gasteiger partial charge in [-0.1, -0.05) is 0 Å². The molecule has 1 aromatic rings. The molecule has 0 spiro atoms. The highest BCUT2D eigenvalue weighted by Crippen LogP contribution is 2.01. The average molecular weight is 169 g/mol. The zero-order chi connectivity index (χ0) is 8.97. The Hall–Kier alpha value is -0.870. The van der Waals surface area contributed by atoms with Crippen LogP contribution in [0.4, 0.5) is 0 Å². The summed E-state index contributed by atoms with van der Waals surface area (Å²) < 4.78 is 1.83. The van der Waals surface area contributed by atoms with Crippen LogP contribution in [-0.2, 0) is 13.0 Å². The normalized spacial score (nSPS) is 13.2. The maximum atomic E-state index is 9.23. The van der Waals surface area contributed by atoms with Crippen molar-refractivity contribution in [3.8, 4) is 0 Å². The third-order valence-corrected chi connectivity index (χ3v) is 1.75. The molecule has 68 valence electrons. The van der Waals surface area contributed by atoms with Crippen molar-refractivity contribution in [2.24, 2.45) is 5.73 Å². The minimum Gasteiger partial charge on any atom is -0.391 e. The molecule has 0 amide bonds. The van der Waals surface area contributed by atoms with Crippen LogP contribution in [0.3, 0.4) is 0 Å². The second-order valence-electron chi connectivity index (χ2n) is 2.80. The van der Waals surface area contributed by atoms with Crippen LogP contribution < -0.4 is 5.73 Å².